The number of aromatic nitrogens is 2. The summed E-state index contributed by atoms with van der Waals surface area (Å²) in [6, 6.07) is 17.7. The van der Waals surface area contributed by atoms with Crippen LogP contribution < -0.4 is 0 Å². The van der Waals surface area contributed by atoms with Crippen molar-refractivity contribution in [3.8, 4) is 0 Å². The number of esters is 1. The van der Waals surface area contributed by atoms with E-state index in [9.17, 15) is 4.79 Å². The summed E-state index contributed by atoms with van der Waals surface area (Å²) in [6.45, 7) is 12.6. The highest BCUT2D eigenvalue weighted by atomic mass is 35.5. The van der Waals surface area contributed by atoms with Gasteiger partial charge in [-0.05, 0) is 36.0 Å². The van der Waals surface area contributed by atoms with E-state index < -0.39 is 6.29 Å². The Morgan fingerprint density at radius 3 is 2.32 bits per heavy atom. The molecule has 0 saturated carbocycles. The number of hydrogen-bond acceptors (Lipinski definition) is 5. The molecule has 0 aliphatic rings. The van der Waals surface area contributed by atoms with E-state index in [1.807, 2.05) is 56.3 Å². The molecule has 3 aromatic rings. The third kappa shape index (κ3) is 7.10. The van der Waals surface area contributed by atoms with Gasteiger partial charge in [-0.1, -0.05) is 87.0 Å². The fourth-order valence-electron chi connectivity index (χ4n) is 3.97. The van der Waals surface area contributed by atoms with Crippen LogP contribution in [0.15, 0.2) is 59.6 Å². The number of aryl methyl sites for hydroxylation is 2. The second-order valence-corrected chi connectivity index (χ2v) is 10.2. The van der Waals surface area contributed by atoms with E-state index in [4.69, 9.17) is 21.1 Å². The standard InChI is InChI=1S/C30H36ClN3O3/c1-8-34-28(27(31)20(2)33-34)29(37-21(3)36-26(35)18-22-12-10-9-11-13-22)25(19-32-7)23-14-16-24(17-15-23)30(4,5)6/h9-17,19,21H,8,18H2,1-7H3/b29-25-,32-19-. The molecular weight excluding hydrogens is 486 g/mol. The quantitative estimate of drug-likeness (QED) is 0.133. The molecule has 37 heavy (non-hydrogen) atoms. The van der Waals surface area contributed by atoms with Gasteiger partial charge in [0.25, 0.3) is 0 Å². The molecule has 1 unspecified atom stereocenters. The minimum absolute atomic E-state index is 0.0172. The van der Waals surface area contributed by atoms with Crippen LogP contribution in [0.1, 0.15) is 62.7 Å². The Morgan fingerprint density at radius 2 is 1.76 bits per heavy atom. The van der Waals surface area contributed by atoms with Crippen LogP contribution in [0.25, 0.3) is 11.3 Å². The highest BCUT2D eigenvalue weighted by Gasteiger charge is 2.25. The van der Waals surface area contributed by atoms with Crippen molar-refractivity contribution < 1.29 is 14.3 Å². The number of nitrogens with zero attached hydrogens (tertiary/aromatic N) is 3. The monoisotopic (exact) mass is 521 g/mol. The summed E-state index contributed by atoms with van der Waals surface area (Å²) < 4.78 is 13.8. The number of carbonyl (C=O) groups is 1. The molecule has 0 fully saturated rings. The molecule has 0 saturated heterocycles. The summed E-state index contributed by atoms with van der Waals surface area (Å²) in [4.78, 5) is 16.9. The van der Waals surface area contributed by atoms with Crippen molar-refractivity contribution >= 4 is 35.1 Å². The first kappa shape index (κ1) is 28.2. The van der Waals surface area contributed by atoms with Crippen molar-refractivity contribution in [1.29, 1.82) is 0 Å². The molecule has 6 nitrogen and oxygen atoms in total. The SMILES string of the molecule is CCn1nc(C)c(Cl)c1/C(OC(C)OC(=O)Cc1ccccc1)=C(\C=N/C)c1ccc(C(C)(C)C)cc1. The zero-order chi connectivity index (χ0) is 27.2. The molecule has 196 valence electrons. The number of hydrogen-bond donors (Lipinski definition) is 0. The Morgan fingerprint density at radius 1 is 1.11 bits per heavy atom. The molecule has 0 radical (unpaired) electrons. The lowest BCUT2D eigenvalue weighted by Gasteiger charge is -2.22. The summed E-state index contributed by atoms with van der Waals surface area (Å²) in [7, 11) is 1.70. The summed E-state index contributed by atoms with van der Waals surface area (Å²) in [6.07, 6.45) is 1.01. The number of benzene rings is 2. The third-order valence-corrected chi connectivity index (χ3v) is 6.36. The normalized spacial score (nSPS) is 13.4. The van der Waals surface area contributed by atoms with Gasteiger partial charge in [-0.15, -0.1) is 0 Å². The second-order valence-electron chi connectivity index (χ2n) is 9.86. The maximum Gasteiger partial charge on any atom is 0.313 e. The van der Waals surface area contributed by atoms with Crippen LogP contribution in [0, 0.1) is 6.92 Å². The average Bonchev–Trinajstić information content (AvgIpc) is 3.14. The fourth-order valence-corrected chi connectivity index (χ4v) is 4.20. The van der Waals surface area contributed by atoms with Gasteiger partial charge in [-0.3, -0.25) is 14.5 Å². The van der Waals surface area contributed by atoms with Crippen LogP contribution in [0.2, 0.25) is 5.02 Å². The van der Waals surface area contributed by atoms with Gasteiger partial charge in [-0.25, -0.2) is 0 Å². The lowest BCUT2D eigenvalue weighted by atomic mass is 9.86. The van der Waals surface area contributed by atoms with Gasteiger partial charge >= 0.3 is 5.97 Å². The smallest absolute Gasteiger partial charge is 0.313 e. The Kier molecular flexibility index (Phi) is 9.33. The fraction of sp³-hybridized carbons (Fsp3) is 0.367. The van der Waals surface area contributed by atoms with Crippen LogP contribution in [-0.2, 0) is 32.6 Å². The molecule has 7 heteroatoms. The summed E-state index contributed by atoms with van der Waals surface area (Å²) in [5.74, 6) is 0.0612. The molecule has 2 aromatic carbocycles. The lowest BCUT2D eigenvalue weighted by molar-refractivity contribution is -0.163. The van der Waals surface area contributed by atoms with Crippen LogP contribution in [0.5, 0.6) is 0 Å². The summed E-state index contributed by atoms with van der Waals surface area (Å²) in [5, 5.41) is 5.05. The zero-order valence-electron chi connectivity index (χ0n) is 22.7. The van der Waals surface area contributed by atoms with Gasteiger partial charge in [0.05, 0.1) is 17.1 Å². The molecule has 0 aliphatic heterocycles. The minimum atomic E-state index is -0.878. The average molecular weight is 522 g/mol. The van der Waals surface area contributed by atoms with Crippen molar-refractivity contribution in [2.24, 2.45) is 4.99 Å². The number of allylic oxidation sites excluding steroid dienone is 1. The third-order valence-electron chi connectivity index (χ3n) is 5.91. The van der Waals surface area contributed by atoms with Crippen molar-refractivity contribution in [2.75, 3.05) is 7.05 Å². The Labute approximate surface area is 225 Å². The molecule has 0 bridgehead atoms. The first-order chi connectivity index (χ1) is 17.5. The van der Waals surface area contributed by atoms with Crippen molar-refractivity contribution in [3.63, 3.8) is 0 Å². The molecule has 0 aliphatic carbocycles. The highest BCUT2D eigenvalue weighted by molar-refractivity contribution is 6.33. The van der Waals surface area contributed by atoms with Crippen LogP contribution in [-0.4, -0.2) is 35.3 Å². The Hall–Kier alpha value is -3.38. The van der Waals surface area contributed by atoms with Gasteiger partial charge in [0.15, 0.2) is 5.76 Å². The van der Waals surface area contributed by atoms with Gasteiger partial charge in [0, 0.05) is 32.3 Å². The van der Waals surface area contributed by atoms with Crippen LogP contribution in [0.3, 0.4) is 0 Å². The van der Waals surface area contributed by atoms with E-state index in [1.165, 1.54) is 5.56 Å². The second kappa shape index (κ2) is 12.2. The van der Waals surface area contributed by atoms with Gasteiger partial charge in [0.1, 0.15) is 5.69 Å². The molecule has 1 aromatic heterocycles. The topological polar surface area (TPSA) is 65.7 Å². The van der Waals surface area contributed by atoms with Crippen molar-refractivity contribution in [1.82, 2.24) is 9.78 Å². The molecule has 1 atom stereocenters. The Bertz CT molecular complexity index is 1270. The van der Waals surface area contributed by atoms with Crippen LogP contribution >= 0.6 is 11.6 Å². The van der Waals surface area contributed by atoms with E-state index in [0.29, 0.717) is 34.3 Å². The number of halogens is 1. The number of ether oxygens (including phenoxy) is 2. The molecule has 0 spiro atoms. The van der Waals surface area contributed by atoms with E-state index >= 15 is 0 Å². The van der Waals surface area contributed by atoms with E-state index in [1.54, 1.807) is 24.9 Å². The molecule has 0 amide bonds. The van der Waals surface area contributed by atoms with Crippen molar-refractivity contribution in [3.05, 3.63) is 87.7 Å². The van der Waals surface area contributed by atoms with Gasteiger partial charge in [-0.2, -0.15) is 5.10 Å². The van der Waals surface area contributed by atoms with E-state index in [-0.39, 0.29) is 17.8 Å². The maximum atomic E-state index is 12.6. The first-order valence-corrected chi connectivity index (χ1v) is 12.8. The van der Waals surface area contributed by atoms with Crippen molar-refractivity contribution in [2.45, 2.75) is 66.2 Å². The number of rotatable bonds is 9. The molecule has 3 rings (SSSR count). The van der Waals surface area contributed by atoms with Crippen LogP contribution in [0.4, 0.5) is 0 Å². The van der Waals surface area contributed by atoms with E-state index in [2.05, 4.69) is 43.0 Å². The number of aliphatic imine (C=N–C) groups is 1. The molecular formula is C30H36ClN3O3. The maximum absolute atomic E-state index is 12.6. The van der Waals surface area contributed by atoms with Gasteiger partial charge in [0.2, 0.25) is 6.29 Å². The zero-order valence-corrected chi connectivity index (χ0v) is 23.5. The minimum Gasteiger partial charge on any atom is -0.452 e. The lowest BCUT2D eigenvalue weighted by Crippen LogP contribution is -2.20. The largest absolute Gasteiger partial charge is 0.452 e. The number of carbonyl (C=O) groups excluding carboxylic acids is 1. The van der Waals surface area contributed by atoms with Gasteiger partial charge < -0.3 is 9.47 Å². The molecule has 0 N–H and O–H groups in total. The Balaban J connectivity index is 2.05. The molecule has 1 heterocycles. The van der Waals surface area contributed by atoms with E-state index in [0.717, 1.165) is 11.1 Å². The highest BCUT2D eigenvalue weighted by Crippen LogP contribution is 2.35. The predicted octanol–water partition coefficient (Wildman–Crippen LogP) is 6.88. The summed E-state index contributed by atoms with van der Waals surface area (Å²) >= 11 is 6.75. The predicted molar refractivity (Wildman–Crippen MR) is 151 cm³/mol. The summed E-state index contributed by atoms with van der Waals surface area (Å²) in [5.41, 5.74) is 5.01. The first-order valence-electron chi connectivity index (χ1n) is 12.5.